The third kappa shape index (κ3) is 1.77. The summed E-state index contributed by atoms with van der Waals surface area (Å²) in [5, 5.41) is 20.1. The molecule has 0 spiro atoms. The van der Waals surface area contributed by atoms with Crippen molar-refractivity contribution in [2.24, 2.45) is 21.6 Å². The van der Waals surface area contributed by atoms with Crippen LogP contribution in [0, 0.1) is 39.3 Å². The molecule has 0 unspecified atom stereocenters. The monoisotopic (exact) mass is 360 g/mol. The zero-order chi connectivity index (χ0) is 17.6. The van der Waals surface area contributed by atoms with Crippen molar-refractivity contribution in [1.82, 2.24) is 0 Å². The van der Waals surface area contributed by atoms with Gasteiger partial charge < -0.3 is 5.73 Å². The molecule has 1 aromatic rings. The minimum atomic E-state index is -1.14. The van der Waals surface area contributed by atoms with Crippen LogP contribution in [0.25, 0.3) is 0 Å². The van der Waals surface area contributed by atoms with Crippen LogP contribution in [-0.4, -0.2) is 21.5 Å². The largest absolute Gasteiger partial charge is 0.386 e. The Morgan fingerprint density at radius 1 is 1.17 bits per heavy atom. The van der Waals surface area contributed by atoms with Gasteiger partial charge in [0.2, 0.25) is 0 Å². The summed E-state index contributed by atoms with van der Waals surface area (Å²) in [6.45, 7) is 4.00. The number of fused-ring (bicyclic) bond motifs is 1. The molecule has 24 heavy (non-hydrogen) atoms. The lowest BCUT2D eigenvalue weighted by molar-refractivity contribution is 0.563. The Bertz CT molecular complexity index is 773. The third-order valence-electron chi connectivity index (χ3n) is 4.81. The van der Waals surface area contributed by atoms with Crippen LogP contribution in [0.3, 0.4) is 0 Å². The van der Waals surface area contributed by atoms with Crippen molar-refractivity contribution in [2.75, 3.05) is 11.5 Å². The molecule has 2 N–H and O–H groups in total. The summed E-state index contributed by atoms with van der Waals surface area (Å²) in [5.41, 5.74) is 4.79. The Labute approximate surface area is 149 Å². The Balaban J connectivity index is 2.21. The van der Waals surface area contributed by atoms with E-state index in [2.05, 4.69) is 17.1 Å². The average molecular weight is 360 g/mol. The normalized spacial score (nSPS) is 32.4. The van der Waals surface area contributed by atoms with E-state index in [0.29, 0.717) is 0 Å². The van der Waals surface area contributed by atoms with Gasteiger partial charge in [-0.3, -0.25) is 0 Å². The van der Waals surface area contributed by atoms with Crippen LogP contribution >= 0.6 is 23.5 Å². The summed E-state index contributed by atoms with van der Waals surface area (Å²) in [5.74, 6) is 0.995. The molecule has 0 aromatic heterocycles. The second-order valence-corrected chi connectivity index (χ2v) is 8.94. The topological polar surface area (TPSA) is 86.0 Å². The molecule has 1 fully saturated rings. The van der Waals surface area contributed by atoms with Crippen molar-refractivity contribution in [3.05, 3.63) is 35.6 Å². The van der Waals surface area contributed by atoms with E-state index in [1.54, 1.807) is 35.7 Å². The third-order valence-corrected chi connectivity index (χ3v) is 7.70. The number of nitrogens with zero attached hydrogens (tertiary/aromatic N) is 3. The van der Waals surface area contributed by atoms with Gasteiger partial charge in [0.25, 0.3) is 0 Å². The first-order valence-electron chi connectivity index (χ1n) is 7.71. The van der Waals surface area contributed by atoms with Crippen molar-refractivity contribution >= 4 is 29.4 Å². The molecular formula is C17H17FN4S2. The van der Waals surface area contributed by atoms with Crippen molar-refractivity contribution in [3.63, 3.8) is 0 Å². The quantitative estimate of drug-likeness (QED) is 0.813. The highest BCUT2D eigenvalue weighted by atomic mass is 32.2. The van der Waals surface area contributed by atoms with E-state index in [4.69, 9.17) is 5.73 Å². The highest BCUT2D eigenvalue weighted by molar-refractivity contribution is 8.18. The van der Waals surface area contributed by atoms with Crippen LogP contribution in [0.15, 0.2) is 29.3 Å². The summed E-state index contributed by atoms with van der Waals surface area (Å²) in [7, 11) is 0. The number of hydrogen-bond donors (Lipinski definition) is 1. The lowest BCUT2D eigenvalue weighted by atomic mass is 9.97. The Kier molecular flexibility index (Phi) is 4.06. The molecule has 2 aliphatic rings. The van der Waals surface area contributed by atoms with Gasteiger partial charge in [0.05, 0.1) is 12.1 Å². The Morgan fingerprint density at radius 2 is 1.75 bits per heavy atom. The first-order chi connectivity index (χ1) is 11.5. The van der Waals surface area contributed by atoms with Crippen molar-refractivity contribution in [3.8, 4) is 12.1 Å². The number of amidine groups is 1. The standard InChI is InChI=1S/C17H17FN4S2/c1-3-23-17(24-4-2)16(10-20)13(11-5-7-12(18)8-6-11)15(16,9-19)14(21)22-17/h5-8,13H,3-4H2,1-2H3,(H2,21,22)/t13-,15+,16-/m0/s1. The maximum atomic E-state index is 13.3. The van der Waals surface area contributed by atoms with Crippen LogP contribution < -0.4 is 5.73 Å². The van der Waals surface area contributed by atoms with E-state index in [9.17, 15) is 14.9 Å². The zero-order valence-corrected chi connectivity index (χ0v) is 15.0. The van der Waals surface area contributed by atoms with E-state index in [0.717, 1.165) is 17.1 Å². The van der Waals surface area contributed by atoms with E-state index < -0.39 is 21.0 Å². The summed E-state index contributed by atoms with van der Waals surface area (Å²) in [6, 6.07) is 10.7. The Morgan fingerprint density at radius 3 is 2.21 bits per heavy atom. The number of hydrogen-bond acceptors (Lipinski definition) is 6. The predicted octanol–water partition coefficient (Wildman–Crippen LogP) is 3.47. The van der Waals surface area contributed by atoms with E-state index >= 15 is 0 Å². The summed E-state index contributed by atoms with van der Waals surface area (Å²) in [6.07, 6.45) is 0. The molecule has 0 radical (unpaired) electrons. The number of halogens is 1. The molecule has 1 heterocycles. The average Bonchev–Trinajstić information content (AvgIpc) is 3.15. The SMILES string of the molecule is CCSC1(SCC)N=C(N)[C@@]2(C#N)[C@H](c3ccc(F)cc3)[C@]12C#N. The molecule has 1 aliphatic carbocycles. The van der Waals surface area contributed by atoms with Crippen LogP contribution in [0.2, 0.25) is 0 Å². The highest BCUT2D eigenvalue weighted by Crippen LogP contribution is 2.85. The molecule has 124 valence electrons. The first kappa shape index (κ1) is 17.1. The van der Waals surface area contributed by atoms with Gasteiger partial charge in [0.1, 0.15) is 22.5 Å². The fourth-order valence-corrected chi connectivity index (χ4v) is 7.16. The maximum Gasteiger partial charge on any atom is 0.175 e. The maximum absolute atomic E-state index is 13.3. The summed E-state index contributed by atoms with van der Waals surface area (Å²) >= 11 is 3.10. The van der Waals surface area contributed by atoms with Crippen LogP contribution in [-0.2, 0) is 0 Å². The first-order valence-corrected chi connectivity index (χ1v) is 9.68. The van der Waals surface area contributed by atoms with Crippen LogP contribution in [0.5, 0.6) is 0 Å². The number of rotatable bonds is 5. The molecule has 0 amide bonds. The predicted molar refractivity (Wildman–Crippen MR) is 95.9 cm³/mol. The van der Waals surface area contributed by atoms with E-state index in [1.807, 2.05) is 13.8 Å². The van der Waals surface area contributed by atoms with Gasteiger partial charge in [-0.25, -0.2) is 9.38 Å². The number of aliphatic imine (C=N–C) groups is 1. The molecule has 3 rings (SSSR count). The van der Waals surface area contributed by atoms with Gasteiger partial charge in [-0.05, 0) is 29.2 Å². The number of thioether (sulfide) groups is 2. The second kappa shape index (κ2) is 5.68. The van der Waals surface area contributed by atoms with E-state index in [-0.39, 0.29) is 11.7 Å². The lowest BCUT2D eigenvalue weighted by Gasteiger charge is -2.31. The van der Waals surface area contributed by atoms with Gasteiger partial charge in [-0.15, -0.1) is 23.5 Å². The summed E-state index contributed by atoms with van der Waals surface area (Å²) < 4.78 is 12.5. The number of nitrogens with two attached hydrogens (primary N) is 1. The van der Waals surface area contributed by atoms with Crippen LogP contribution in [0.1, 0.15) is 25.3 Å². The molecule has 7 heteroatoms. The lowest BCUT2D eigenvalue weighted by Crippen LogP contribution is -2.31. The minimum Gasteiger partial charge on any atom is -0.386 e. The summed E-state index contributed by atoms with van der Waals surface area (Å²) in [4.78, 5) is 4.61. The second-order valence-electron chi connectivity index (χ2n) is 5.77. The van der Waals surface area contributed by atoms with Gasteiger partial charge in [-0.1, -0.05) is 26.0 Å². The van der Waals surface area contributed by atoms with E-state index in [1.165, 1.54) is 12.1 Å². The van der Waals surface area contributed by atoms with Crippen molar-refractivity contribution in [2.45, 2.75) is 24.0 Å². The smallest absolute Gasteiger partial charge is 0.175 e. The highest BCUT2D eigenvalue weighted by Gasteiger charge is 2.91. The number of nitriles is 2. The minimum absolute atomic E-state index is 0.225. The van der Waals surface area contributed by atoms with Crippen LogP contribution in [0.4, 0.5) is 4.39 Å². The van der Waals surface area contributed by atoms with Gasteiger partial charge in [0.15, 0.2) is 4.20 Å². The van der Waals surface area contributed by atoms with Gasteiger partial charge in [-0.2, -0.15) is 10.5 Å². The fraction of sp³-hybridized carbons (Fsp3) is 0.471. The molecule has 4 nitrogen and oxygen atoms in total. The number of benzene rings is 1. The van der Waals surface area contributed by atoms with Gasteiger partial charge >= 0.3 is 0 Å². The molecule has 1 aromatic carbocycles. The molecule has 1 aliphatic heterocycles. The van der Waals surface area contributed by atoms with Crippen molar-refractivity contribution < 1.29 is 4.39 Å². The van der Waals surface area contributed by atoms with Gasteiger partial charge in [0, 0.05) is 5.92 Å². The molecule has 0 saturated heterocycles. The molecule has 0 bridgehead atoms. The fourth-order valence-electron chi connectivity index (χ4n) is 3.90. The Hall–Kier alpha value is -1.70. The zero-order valence-electron chi connectivity index (χ0n) is 13.4. The molecular weight excluding hydrogens is 343 g/mol. The molecule has 3 atom stereocenters. The van der Waals surface area contributed by atoms with Crippen molar-refractivity contribution in [1.29, 1.82) is 10.5 Å². The molecule has 1 saturated carbocycles.